The summed E-state index contributed by atoms with van der Waals surface area (Å²) in [5, 5.41) is 7.69. The molecule has 0 radical (unpaired) electrons. The average Bonchev–Trinajstić information content (AvgIpc) is 3.06. The van der Waals surface area contributed by atoms with Gasteiger partial charge in [0.05, 0.1) is 11.4 Å². The molecule has 0 aliphatic carbocycles. The molecule has 0 amide bonds. The van der Waals surface area contributed by atoms with E-state index in [-0.39, 0.29) is 5.69 Å². The van der Waals surface area contributed by atoms with Crippen molar-refractivity contribution in [2.24, 2.45) is 7.05 Å². The normalized spacial score (nSPS) is 10.8. The molecule has 0 aliphatic rings. The lowest BCUT2D eigenvalue weighted by atomic mass is 10.1. The Morgan fingerprint density at radius 1 is 1.00 bits per heavy atom. The first-order valence-electron chi connectivity index (χ1n) is 8.85. The van der Waals surface area contributed by atoms with Gasteiger partial charge in [0.15, 0.2) is 0 Å². The first-order valence-corrected chi connectivity index (χ1v) is 8.85. The third-order valence-electron chi connectivity index (χ3n) is 4.46. The number of hydrogen-bond acceptors (Lipinski definition) is 5. The third kappa shape index (κ3) is 3.42. The summed E-state index contributed by atoms with van der Waals surface area (Å²) in [7, 11) is 1.57. The molecule has 2 aromatic carbocycles. The van der Waals surface area contributed by atoms with Crippen molar-refractivity contribution in [2.45, 2.75) is 13.5 Å². The van der Waals surface area contributed by atoms with E-state index in [0.717, 1.165) is 28.1 Å². The predicted molar refractivity (Wildman–Crippen MR) is 105 cm³/mol. The third-order valence-corrected chi connectivity index (χ3v) is 4.46. The minimum atomic E-state index is -0.302. The Labute approximate surface area is 161 Å². The molecular formula is C21H19N5O2. The second kappa shape index (κ2) is 7.48. The van der Waals surface area contributed by atoms with Crippen LogP contribution in [0.3, 0.4) is 0 Å². The summed E-state index contributed by atoms with van der Waals surface area (Å²) in [6.07, 6.45) is 1.78. The first-order chi connectivity index (χ1) is 13.6. The summed E-state index contributed by atoms with van der Waals surface area (Å²) >= 11 is 0. The molecule has 0 fully saturated rings. The molecule has 0 saturated heterocycles. The number of tetrazole rings is 1. The highest BCUT2D eigenvalue weighted by Gasteiger charge is 2.12. The van der Waals surface area contributed by atoms with Crippen LogP contribution in [0.1, 0.15) is 11.1 Å². The summed E-state index contributed by atoms with van der Waals surface area (Å²) < 4.78 is 8.50. The summed E-state index contributed by atoms with van der Waals surface area (Å²) in [4.78, 5) is 16.6. The maximum atomic E-state index is 12.2. The molecular weight excluding hydrogens is 354 g/mol. The lowest BCUT2D eigenvalue weighted by Crippen LogP contribution is -2.23. The van der Waals surface area contributed by atoms with Crippen LogP contribution in [0.15, 0.2) is 71.7 Å². The number of para-hydroxylation sites is 1. The minimum Gasteiger partial charge on any atom is -0.489 e. The SMILES string of the molecule is Cc1cc(-c2ccccn2)ccc1OCc1ccccc1-n1nnn(C)c1=O. The molecule has 2 aromatic heterocycles. The van der Waals surface area contributed by atoms with Crippen LogP contribution in [0.5, 0.6) is 5.75 Å². The van der Waals surface area contributed by atoms with Gasteiger partial charge in [-0.05, 0) is 59.3 Å². The van der Waals surface area contributed by atoms with Gasteiger partial charge in [-0.15, -0.1) is 0 Å². The summed E-state index contributed by atoms with van der Waals surface area (Å²) in [6, 6.07) is 19.3. The fraction of sp³-hybridized carbons (Fsp3) is 0.143. The van der Waals surface area contributed by atoms with E-state index in [1.165, 1.54) is 9.36 Å². The zero-order valence-electron chi connectivity index (χ0n) is 15.6. The summed E-state index contributed by atoms with van der Waals surface area (Å²) in [5.41, 5.74) is 4.17. The Kier molecular flexibility index (Phi) is 4.72. The largest absolute Gasteiger partial charge is 0.489 e. The number of nitrogens with zero attached hydrogens (tertiary/aromatic N) is 5. The van der Waals surface area contributed by atoms with Crippen molar-refractivity contribution in [3.05, 3.63) is 88.5 Å². The van der Waals surface area contributed by atoms with E-state index >= 15 is 0 Å². The predicted octanol–water partition coefficient (Wildman–Crippen LogP) is 2.92. The smallest absolute Gasteiger partial charge is 0.368 e. The van der Waals surface area contributed by atoms with Crippen molar-refractivity contribution in [3.63, 3.8) is 0 Å². The van der Waals surface area contributed by atoms with Crippen LogP contribution in [0.25, 0.3) is 16.9 Å². The maximum absolute atomic E-state index is 12.2. The minimum absolute atomic E-state index is 0.302. The van der Waals surface area contributed by atoms with Crippen LogP contribution in [0, 0.1) is 6.92 Å². The number of aryl methyl sites for hydroxylation is 2. The van der Waals surface area contributed by atoms with Gasteiger partial charge >= 0.3 is 5.69 Å². The highest BCUT2D eigenvalue weighted by atomic mass is 16.5. The van der Waals surface area contributed by atoms with Crippen molar-refractivity contribution in [2.75, 3.05) is 0 Å². The fourth-order valence-corrected chi connectivity index (χ4v) is 2.96. The van der Waals surface area contributed by atoms with Crippen LogP contribution in [0.2, 0.25) is 0 Å². The number of rotatable bonds is 5. The molecule has 7 nitrogen and oxygen atoms in total. The van der Waals surface area contributed by atoms with Crippen LogP contribution in [0.4, 0.5) is 0 Å². The van der Waals surface area contributed by atoms with E-state index in [9.17, 15) is 4.79 Å². The standard InChI is InChI=1S/C21H19N5O2/c1-15-13-16(18-8-5-6-12-22-18)10-11-20(15)28-14-17-7-3-4-9-19(17)26-21(27)25(2)23-24-26/h3-13H,14H2,1-2H3. The first kappa shape index (κ1) is 17.7. The van der Waals surface area contributed by atoms with Crippen molar-refractivity contribution >= 4 is 0 Å². The molecule has 2 heterocycles. The number of hydrogen-bond donors (Lipinski definition) is 0. The lowest BCUT2D eigenvalue weighted by molar-refractivity contribution is 0.303. The van der Waals surface area contributed by atoms with E-state index in [2.05, 4.69) is 21.5 Å². The summed E-state index contributed by atoms with van der Waals surface area (Å²) in [6.45, 7) is 2.31. The topological polar surface area (TPSA) is 74.8 Å². The highest BCUT2D eigenvalue weighted by Crippen LogP contribution is 2.26. The van der Waals surface area contributed by atoms with Crippen LogP contribution >= 0.6 is 0 Å². The number of pyridine rings is 1. The van der Waals surface area contributed by atoms with Gasteiger partial charge in [0.25, 0.3) is 0 Å². The molecule has 4 rings (SSSR count). The molecule has 0 saturated carbocycles. The van der Waals surface area contributed by atoms with E-state index < -0.39 is 0 Å². The Balaban J connectivity index is 1.57. The number of aromatic nitrogens is 5. The molecule has 140 valence electrons. The second-order valence-corrected chi connectivity index (χ2v) is 6.41. The molecule has 0 atom stereocenters. The number of benzene rings is 2. The van der Waals surface area contributed by atoms with Crippen molar-refractivity contribution in [3.8, 4) is 22.7 Å². The van der Waals surface area contributed by atoms with Crippen LogP contribution in [-0.2, 0) is 13.7 Å². The van der Waals surface area contributed by atoms with Crippen molar-refractivity contribution in [1.82, 2.24) is 24.8 Å². The molecule has 0 aliphatic heterocycles. The van der Waals surface area contributed by atoms with E-state index in [4.69, 9.17) is 4.74 Å². The maximum Gasteiger partial charge on any atom is 0.368 e. The monoisotopic (exact) mass is 373 g/mol. The molecule has 0 spiro atoms. The van der Waals surface area contributed by atoms with Gasteiger partial charge in [0.2, 0.25) is 0 Å². The van der Waals surface area contributed by atoms with Gasteiger partial charge in [-0.2, -0.15) is 9.36 Å². The van der Waals surface area contributed by atoms with Gasteiger partial charge in [0, 0.05) is 24.4 Å². The van der Waals surface area contributed by atoms with Crippen LogP contribution < -0.4 is 10.4 Å². The Hall–Kier alpha value is -3.74. The molecule has 0 N–H and O–H groups in total. The molecule has 0 unspecified atom stereocenters. The lowest BCUT2D eigenvalue weighted by Gasteiger charge is -2.13. The van der Waals surface area contributed by atoms with Gasteiger partial charge in [-0.25, -0.2) is 4.79 Å². The van der Waals surface area contributed by atoms with Crippen molar-refractivity contribution in [1.29, 1.82) is 0 Å². The van der Waals surface area contributed by atoms with Gasteiger partial charge in [-0.1, -0.05) is 24.3 Å². The molecule has 4 aromatic rings. The zero-order valence-corrected chi connectivity index (χ0v) is 15.6. The molecule has 28 heavy (non-hydrogen) atoms. The highest BCUT2D eigenvalue weighted by molar-refractivity contribution is 5.61. The summed E-state index contributed by atoms with van der Waals surface area (Å²) in [5.74, 6) is 0.779. The fourth-order valence-electron chi connectivity index (χ4n) is 2.96. The van der Waals surface area contributed by atoms with E-state index in [1.54, 1.807) is 13.2 Å². The van der Waals surface area contributed by atoms with Gasteiger partial charge in [0.1, 0.15) is 12.4 Å². The van der Waals surface area contributed by atoms with Crippen LogP contribution in [-0.4, -0.2) is 24.8 Å². The average molecular weight is 373 g/mol. The van der Waals surface area contributed by atoms with Gasteiger partial charge in [-0.3, -0.25) is 4.98 Å². The quantitative estimate of drug-likeness (QED) is 0.538. The second-order valence-electron chi connectivity index (χ2n) is 6.41. The zero-order chi connectivity index (χ0) is 19.5. The number of ether oxygens (including phenoxy) is 1. The van der Waals surface area contributed by atoms with E-state index in [0.29, 0.717) is 12.3 Å². The Morgan fingerprint density at radius 2 is 1.82 bits per heavy atom. The van der Waals surface area contributed by atoms with Gasteiger partial charge < -0.3 is 4.74 Å². The van der Waals surface area contributed by atoms with E-state index in [1.807, 2.05) is 61.5 Å². The Bertz CT molecular complexity index is 1160. The van der Waals surface area contributed by atoms with Crippen molar-refractivity contribution < 1.29 is 4.74 Å². The molecule has 0 bridgehead atoms. The molecule has 7 heteroatoms. The Morgan fingerprint density at radius 3 is 2.54 bits per heavy atom.